The minimum Gasteiger partial charge on any atom is -0.462 e. The molecule has 0 aliphatic heterocycles. The number of benzene rings is 2. The van der Waals surface area contributed by atoms with Crippen LogP contribution >= 0.6 is 0 Å². The van der Waals surface area contributed by atoms with Crippen molar-refractivity contribution in [2.75, 3.05) is 18.9 Å². The van der Waals surface area contributed by atoms with Crippen LogP contribution in [0.25, 0.3) is 22.2 Å². The van der Waals surface area contributed by atoms with Crippen molar-refractivity contribution in [3.63, 3.8) is 0 Å². The van der Waals surface area contributed by atoms with Crippen molar-refractivity contribution in [2.24, 2.45) is 0 Å². The van der Waals surface area contributed by atoms with Crippen molar-refractivity contribution in [3.8, 4) is 0 Å². The number of anilines is 1. The molecule has 4 aromatic rings. The van der Waals surface area contributed by atoms with Crippen LogP contribution in [0.3, 0.4) is 0 Å². The van der Waals surface area contributed by atoms with Crippen LogP contribution in [0.1, 0.15) is 39.6 Å². The van der Waals surface area contributed by atoms with Crippen molar-refractivity contribution < 1.29 is 19.1 Å². The standard InChI is InChI=1S/C24H24N4O4/c1-3-31-24(30)19-20-22(27-18-12-7-6-11-17(18)26-20)28(21(19)25)13-8-14-32-23(29)16-10-5-4-9-15(16)2/h4-7,9-12H,3,8,13-14,25H2,1-2H3. The highest BCUT2D eigenvalue weighted by Gasteiger charge is 2.24. The summed E-state index contributed by atoms with van der Waals surface area (Å²) < 4.78 is 12.3. The van der Waals surface area contributed by atoms with E-state index in [1.165, 1.54) is 0 Å². The summed E-state index contributed by atoms with van der Waals surface area (Å²) in [4.78, 5) is 34.2. The number of fused-ring (bicyclic) bond motifs is 2. The molecular weight excluding hydrogens is 408 g/mol. The normalized spacial score (nSPS) is 11.1. The van der Waals surface area contributed by atoms with Gasteiger partial charge in [0, 0.05) is 6.54 Å². The molecule has 0 aliphatic carbocycles. The van der Waals surface area contributed by atoms with Gasteiger partial charge >= 0.3 is 11.9 Å². The molecule has 0 unspecified atom stereocenters. The van der Waals surface area contributed by atoms with E-state index in [0.29, 0.717) is 40.7 Å². The lowest BCUT2D eigenvalue weighted by molar-refractivity contribution is 0.0494. The third kappa shape index (κ3) is 3.99. The van der Waals surface area contributed by atoms with Crippen molar-refractivity contribution >= 4 is 40.0 Å². The molecule has 2 aromatic carbocycles. The van der Waals surface area contributed by atoms with Gasteiger partial charge in [-0.15, -0.1) is 0 Å². The Morgan fingerprint density at radius 1 is 0.969 bits per heavy atom. The third-order valence-electron chi connectivity index (χ3n) is 5.20. The van der Waals surface area contributed by atoms with E-state index in [-0.39, 0.29) is 30.6 Å². The number of carbonyl (C=O) groups is 2. The lowest BCUT2D eigenvalue weighted by Gasteiger charge is -2.09. The van der Waals surface area contributed by atoms with Crippen LogP contribution in [0.15, 0.2) is 48.5 Å². The first-order chi connectivity index (χ1) is 15.5. The largest absolute Gasteiger partial charge is 0.462 e. The molecule has 0 radical (unpaired) electrons. The minimum absolute atomic E-state index is 0.196. The van der Waals surface area contributed by atoms with Crippen LogP contribution in [-0.2, 0) is 16.0 Å². The third-order valence-corrected chi connectivity index (χ3v) is 5.20. The van der Waals surface area contributed by atoms with Crippen LogP contribution in [0.2, 0.25) is 0 Å². The number of esters is 2. The van der Waals surface area contributed by atoms with E-state index >= 15 is 0 Å². The van der Waals surface area contributed by atoms with Gasteiger partial charge in [0.25, 0.3) is 0 Å². The molecule has 2 heterocycles. The van der Waals surface area contributed by atoms with Crippen LogP contribution in [-0.4, -0.2) is 39.7 Å². The first-order valence-corrected chi connectivity index (χ1v) is 10.5. The number of hydrogen-bond acceptors (Lipinski definition) is 7. The molecule has 0 saturated carbocycles. The second-order valence-electron chi connectivity index (χ2n) is 7.32. The van der Waals surface area contributed by atoms with Crippen LogP contribution in [0.5, 0.6) is 0 Å². The summed E-state index contributed by atoms with van der Waals surface area (Å²) in [5, 5.41) is 0. The molecular formula is C24H24N4O4. The summed E-state index contributed by atoms with van der Waals surface area (Å²) in [6, 6.07) is 14.7. The predicted molar refractivity (Wildman–Crippen MR) is 121 cm³/mol. The van der Waals surface area contributed by atoms with Crippen LogP contribution < -0.4 is 5.73 Å². The highest BCUT2D eigenvalue weighted by molar-refractivity contribution is 6.08. The summed E-state index contributed by atoms with van der Waals surface area (Å²) in [6.45, 7) is 4.42. The molecule has 4 rings (SSSR count). The predicted octanol–water partition coefficient (Wildman–Crippen LogP) is 3.90. The van der Waals surface area contributed by atoms with Gasteiger partial charge in [0.1, 0.15) is 16.9 Å². The molecule has 0 aliphatic rings. The van der Waals surface area contributed by atoms with Crippen LogP contribution in [0.4, 0.5) is 5.82 Å². The van der Waals surface area contributed by atoms with E-state index in [1.807, 2.05) is 43.3 Å². The zero-order valence-corrected chi connectivity index (χ0v) is 18.0. The van der Waals surface area contributed by atoms with E-state index in [1.54, 1.807) is 23.6 Å². The summed E-state index contributed by atoms with van der Waals surface area (Å²) in [5.74, 6) is -0.672. The summed E-state index contributed by atoms with van der Waals surface area (Å²) in [5.41, 5.74) is 10.2. The highest BCUT2D eigenvalue weighted by atomic mass is 16.5. The second kappa shape index (κ2) is 9.05. The topological polar surface area (TPSA) is 109 Å². The molecule has 0 atom stereocenters. The summed E-state index contributed by atoms with van der Waals surface area (Å²) >= 11 is 0. The first kappa shape index (κ1) is 21.3. The molecule has 0 bridgehead atoms. The second-order valence-corrected chi connectivity index (χ2v) is 7.32. The lowest BCUT2D eigenvalue weighted by atomic mass is 10.1. The molecule has 0 saturated heterocycles. The van der Waals surface area contributed by atoms with Gasteiger partial charge in [-0.1, -0.05) is 30.3 Å². The SMILES string of the molecule is CCOC(=O)c1c(N)n(CCCOC(=O)c2ccccc2C)c2nc3ccccc3nc12. The van der Waals surface area contributed by atoms with Gasteiger partial charge in [-0.05, 0) is 44.0 Å². The molecule has 2 aromatic heterocycles. The fourth-order valence-electron chi connectivity index (χ4n) is 3.62. The quantitative estimate of drug-likeness (QED) is 0.348. The molecule has 0 spiro atoms. The average molecular weight is 432 g/mol. The Labute approximate surface area is 185 Å². The van der Waals surface area contributed by atoms with E-state index in [4.69, 9.17) is 15.2 Å². The molecule has 0 fully saturated rings. The molecule has 0 amide bonds. The Bertz CT molecular complexity index is 1310. The first-order valence-electron chi connectivity index (χ1n) is 10.5. The minimum atomic E-state index is -0.538. The van der Waals surface area contributed by atoms with Crippen molar-refractivity contribution in [1.82, 2.24) is 14.5 Å². The molecule has 8 heteroatoms. The highest BCUT2D eigenvalue weighted by Crippen LogP contribution is 2.28. The number of aromatic nitrogens is 3. The molecule has 32 heavy (non-hydrogen) atoms. The zero-order chi connectivity index (χ0) is 22.7. The van der Waals surface area contributed by atoms with E-state index in [0.717, 1.165) is 5.56 Å². The number of rotatable bonds is 7. The molecule has 2 N–H and O–H groups in total. The maximum absolute atomic E-state index is 12.6. The number of nitrogen functional groups attached to an aromatic ring is 1. The van der Waals surface area contributed by atoms with Crippen LogP contribution in [0, 0.1) is 6.92 Å². The van der Waals surface area contributed by atoms with Crippen molar-refractivity contribution in [2.45, 2.75) is 26.8 Å². The number of aryl methyl sites for hydroxylation is 2. The number of nitrogens with zero attached hydrogens (tertiary/aromatic N) is 3. The number of para-hydroxylation sites is 2. The summed E-state index contributed by atoms with van der Waals surface area (Å²) in [7, 11) is 0. The lowest BCUT2D eigenvalue weighted by Crippen LogP contribution is -2.12. The van der Waals surface area contributed by atoms with E-state index in [2.05, 4.69) is 9.97 Å². The van der Waals surface area contributed by atoms with Gasteiger partial charge < -0.3 is 19.8 Å². The zero-order valence-electron chi connectivity index (χ0n) is 18.0. The van der Waals surface area contributed by atoms with E-state index < -0.39 is 5.97 Å². The number of hydrogen-bond donors (Lipinski definition) is 1. The number of nitrogens with two attached hydrogens (primary N) is 1. The Balaban J connectivity index is 1.59. The van der Waals surface area contributed by atoms with Gasteiger partial charge in [-0.3, -0.25) is 0 Å². The molecule has 8 nitrogen and oxygen atoms in total. The van der Waals surface area contributed by atoms with Gasteiger partial charge in [0.15, 0.2) is 5.65 Å². The van der Waals surface area contributed by atoms with Gasteiger partial charge in [-0.25, -0.2) is 19.6 Å². The van der Waals surface area contributed by atoms with Crippen molar-refractivity contribution in [3.05, 3.63) is 65.2 Å². The average Bonchev–Trinajstić information content (AvgIpc) is 3.05. The number of carbonyl (C=O) groups excluding carboxylic acids is 2. The maximum atomic E-state index is 12.6. The Kier molecular flexibility index (Phi) is 6.02. The fourth-order valence-corrected chi connectivity index (χ4v) is 3.62. The Hall–Kier alpha value is -3.94. The van der Waals surface area contributed by atoms with E-state index in [9.17, 15) is 9.59 Å². The fraction of sp³-hybridized carbons (Fsp3) is 0.250. The van der Waals surface area contributed by atoms with Gasteiger partial charge in [0.05, 0.1) is 29.8 Å². The number of ether oxygens (including phenoxy) is 2. The maximum Gasteiger partial charge on any atom is 0.344 e. The molecule has 164 valence electrons. The monoisotopic (exact) mass is 432 g/mol. The van der Waals surface area contributed by atoms with Gasteiger partial charge in [0.2, 0.25) is 0 Å². The van der Waals surface area contributed by atoms with Gasteiger partial charge in [-0.2, -0.15) is 0 Å². The Morgan fingerprint density at radius 3 is 2.38 bits per heavy atom. The summed E-state index contributed by atoms with van der Waals surface area (Å²) in [6.07, 6.45) is 0.488. The smallest absolute Gasteiger partial charge is 0.344 e. The van der Waals surface area contributed by atoms with Crippen molar-refractivity contribution in [1.29, 1.82) is 0 Å². The Morgan fingerprint density at radius 2 is 1.66 bits per heavy atom.